The highest BCUT2D eigenvalue weighted by molar-refractivity contribution is 7.89. The second-order valence-corrected chi connectivity index (χ2v) is 10.9. The van der Waals surface area contributed by atoms with E-state index in [1.807, 2.05) is 13.0 Å². The lowest BCUT2D eigenvalue weighted by molar-refractivity contribution is 0.0483. The normalized spacial score (nSPS) is 18.3. The van der Waals surface area contributed by atoms with Gasteiger partial charge in [0, 0.05) is 43.6 Å². The number of amides is 1. The molecule has 0 radical (unpaired) electrons. The minimum absolute atomic E-state index is 0.0604. The summed E-state index contributed by atoms with van der Waals surface area (Å²) in [5.41, 5.74) is 2.79. The highest BCUT2D eigenvalue weighted by Crippen LogP contribution is 2.32. The fourth-order valence-electron chi connectivity index (χ4n) is 5.09. The highest BCUT2D eigenvalue weighted by atomic mass is 32.2. The molecule has 2 aliphatic rings. The molecule has 0 N–H and O–H groups in total. The molecule has 3 heterocycles. The van der Waals surface area contributed by atoms with Gasteiger partial charge in [0.2, 0.25) is 10.9 Å². The molecule has 10 heteroatoms. The van der Waals surface area contributed by atoms with Crippen LogP contribution in [0.3, 0.4) is 0 Å². The fraction of sp³-hybridized carbons (Fsp3) is 0.583. The number of furan rings is 1. The van der Waals surface area contributed by atoms with Crippen molar-refractivity contribution in [1.29, 1.82) is 0 Å². The molecule has 0 aromatic carbocycles. The molecule has 1 saturated heterocycles. The van der Waals surface area contributed by atoms with E-state index < -0.39 is 16.0 Å². The molecule has 1 aliphatic heterocycles. The van der Waals surface area contributed by atoms with Crippen molar-refractivity contribution in [1.82, 2.24) is 13.8 Å². The lowest BCUT2D eigenvalue weighted by Crippen LogP contribution is -2.50. The summed E-state index contributed by atoms with van der Waals surface area (Å²) in [5.74, 6) is -0.914. The first-order valence-electron chi connectivity index (χ1n) is 12.0. The Balaban J connectivity index is 1.43. The molecular formula is C24H33N3O6S. The van der Waals surface area contributed by atoms with Crippen molar-refractivity contribution >= 4 is 21.9 Å². The van der Waals surface area contributed by atoms with Crippen molar-refractivity contribution in [3.8, 4) is 0 Å². The van der Waals surface area contributed by atoms with Crippen LogP contribution in [0.1, 0.15) is 77.4 Å². The van der Waals surface area contributed by atoms with Crippen molar-refractivity contribution in [2.45, 2.75) is 64.0 Å². The number of esters is 1. The molecule has 4 rings (SSSR count). The van der Waals surface area contributed by atoms with Crippen LogP contribution < -0.4 is 0 Å². The lowest BCUT2D eigenvalue weighted by atomic mass is 9.95. The minimum Gasteiger partial charge on any atom is -0.460 e. The monoisotopic (exact) mass is 491 g/mol. The smallest absolute Gasteiger partial charge is 0.374 e. The Kier molecular flexibility index (Phi) is 7.18. The molecule has 9 nitrogen and oxygen atoms in total. The van der Waals surface area contributed by atoms with E-state index in [9.17, 15) is 18.0 Å². The molecule has 1 amide bonds. The van der Waals surface area contributed by atoms with Gasteiger partial charge in [-0.15, -0.1) is 0 Å². The van der Waals surface area contributed by atoms with Crippen molar-refractivity contribution in [2.75, 3.05) is 32.8 Å². The predicted molar refractivity (Wildman–Crippen MR) is 125 cm³/mol. The second-order valence-electron chi connectivity index (χ2n) is 8.98. The molecule has 0 unspecified atom stereocenters. The van der Waals surface area contributed by atoms with Crippen molar-refractivity contribution in [3.05, 3.63) is 40.9 Å². The van der Waals surface area contributed by atoms with Gasteiger partial charge in [0.05, 0.1) is 12.2 Å². The van der Waals surface area contributed by atoms with E-state index in [2.05, 4.69) is 11.5 Å². The van der Waals surface area contributed by atoms with E-state index >= 15 is 0 Å². The summed E-state index contributed by atoms with van der Waals surface area (Å²) in [6, 6.07) is 4.98. The Hall–Kier alpha value is -2.59. The average molecular weight is 492 g/mol. The van der Waals surface area contributed by atoms with Crippen molar-refractivity contribution in [3.63, 3.8) is 0 Å². The largest absolute Gasteiger partial charge is 0.460 e. The van der Waals surface area contributed by atoms with Crippen molar-refractivity contribution < 1.29 is 27.2 Å². The van der Waals surface area contributed by atoms with Gasteiger partial charge in [-0.3, -0.25) is 4.79 Å². The van der Waals surface area contributed by atoms with Gasteiger partial charge in [-0.25, -0.2) is 13.2 Å². The number of piperazine rings is 1. The van der Waals surface area contributed by atoms with Gasteiger partial charge in [0.25, 0.3) is 15.9 Å². The molecule has 186 valence electrons. The van der Waals surface area contributed by atoms with Crippen LogP contribution in [-0.4, -0.2) is 66.9 Å². The molecule has 1 saturated carbocycles. The SMILES string of the molecule is CCOC(=O)c1ccc(S(=O)(=O)N2CCN(C(=O)c3cc(C)n(C4CCCCC4)c3C)CC2)o1. The molecule has 0 spiro atoms. The van der Waals surface area contributed by atoms with Crippen LogP contribution in [0.15, 0.2) is 27.7 Å². The zero-order valence-electron chi connectivity index (χ0n) is 20.1. The first-order valence-corrected chi connectivity index (χ1v) is 13.4. The Morgan fingerprint density at radius 2 is 1.74 bits per heavy atom. The van der Waals surface area contributed by atoms with E-state index in [0.717, 1.165) is 24.2 Å². The summed E-state index contributed by atoms with van der Waals surface area (Å²) >= 11 is 0. The molecule has 1 aliphatic carbocycles. The van der Waals surface area contributed by atoms with Crippen LogP contribution in [0.5, 0.6) is 0 Å². The Labute approximate surface area is 200 Å². The van der Waals surface area contributed by atoms with E-state index in [-0.39, 0.29) is 49.5 Å². The maximum atomic E-state index is 13.3. The minimum atomic E-state index is -3.91. The molecule has 2 aromatic rings. The molecule has 0 atom stereocenters. The average Bonchev–Trinajstić information content (AvgIpc) is 3.45. The van der Waals surface area contributed by atoms with Gasteiger partial charge in [0.1, 0.15) is 0 Å². The Morgan fingerprint density at radius 1 is 1.06 bits per heavy atom. The number of carbonyl (C=O) groups is 2. The van der Waals surface area contributed by atoms with Gasteiger partial charge < -0.3 is 18.6 Å². The van der Waals surface area contributed by atoms with Crippen LogP contribution in [0.25, 0.3) is 0 Å². The first-order chi connectivity index (χ1) is 16.2. The second kappa shape index (κ2) is 9.95. The van der Waals surface area contributed by atoms with E-state index in [4.69, 9.17) is 9.15 Å². The molecule has 2 aromatic heterocycles. The van der Waals surface area contributed by atoms with Crippen LogP contribution in [0, 0.1) is 13.8 Å². The zero-order valence-corrected chi connectivity index (χ0v) is 20.9. The van der Waals surface area contributed by atoms with Gasteiger partial charge >= 0.3 is 5.97 Å². The van der Waals surface area contributed by atoms with Gasteiger partial charge in [-0.05, 0) is 51.8 Å². The molecular weight excluding hydrogens is 458 g/mol. The van der Waals surface area contributed by atoms with Crippen LogP contribution in [0.4, 0.5) is 0 Å². The van der Waals surface area contributed by atoms with Gasteiger partial charge in [-0.1, -0.05) is 19.3 Å². The summed E-state index contributed by atoms with van der Waals surface area (Å²) in [5, 5.41) is -0.300. The third-order valence-corrected chi connectivity index (χ3v) is 8.61. The third kappa shape index (κ3) is 4.65. The molecule has 0 bridgehead atoms. The number of ether oxygens (including phenoxy) is 1. The number of hydrogen-bond acceptors (Lipinski definition) is 6. The fourth-order valence-corrected chi connectivity index (χ4v) is 6.43. The van der Waals surface area contributed by atoms with Crippen LogP contribution >= 0.6 is 0 Å². The quantitative estimate of drug-likeness (QED) is 0.573. The summed E-state index contributed by atoms with van der Waals surface area (Å²) in [6.07, 6.45) is 6.00. The zero-order chi connectivity index (χ0) is 24.5. The number of sulfonamides is 1. The lowest BCUT2D eigenvalue weighted by Gasteiger charge is -2.33. The topological polar surface area (TPSA) is 102 Å². The summed E-state index contributed by atoms with van der Waals surface area (Å²) in [6.45, 7) is 6.78. The molecule has 34 heavy (non-hydrogen) atoms. The number of carbonyl (C=O) groups excluding carboxylic acids is 2. The van der Waals surface area contributed by atoms with E-state index in [0.29, 0.717) is 11.6 Å². The maximum absolute atomic E-state index is 13.3. The number of aryl methyl sites for hydroxylation is 1. The van der Waals surface area contributed by atoms with E-state index in [1.54, 1.807) is 11.8 Å². The van der Waals surface area contributed by atoms with Crippen molar-refractivity contribution in [2.24, 2.45) is 0 Å². The maximum Gasteiger partial charge on any atom is 0.374 e. The number of aromatic nitrogens is 1. The predicted octanol–water partition coefficient (Wildman–Crippen LogP) is 3.53. The van der Waals surface area contributed by atoms with Gasteiger partial charge in [0.15, 0.2) is 0 Å². The summed E-state index contributed by atoms with van der Waals surface area (Å²) in [4.78, 5) is 26.8. The summed E-state index contributed by atoms with van der Waals surface area (Å²) in [7, 11) is -3.91. The first kappa shape index (κ1) is 24.5. The number of rotatable bonds is 6. The number of hydrogen-bond donors (Lipinski definition) is 0. The standard InChI is InChI=1S/C24H33N3O6S/c1-4-32-24(29)21-10-11-22(33-21)34(30,31)26-14-12-25(13-15-26)23(28)20-16-17(2)27(18(20)3)19-8-6-5-7-9-19/h10-11,16,19H,4-9,12-15H2,1-3H3. The number of nitrogens with zero attached hydrogens (tertiary/aromatic N) is 3. The van der Waals surface area contributed by atoms with Gasteiger partial charge in [-0.2, -0.15) is 4.31 Å². The third-order valence-electron chi connectivity index (χ3n) is 6.83. The van der Waals surface area contributed by atoms with Crippen LogP contribution in [0.2, 0.25) is 0 Å². The Bertz CT molecular complexity index is 1150. The highest BCUT2D eigenvalue weighted by Gasteiger charge is 2.34. The Morgan fingerprint density at radius 3 is 2.38 bits per heavy atom. The van der Waals surface area contributed by atoms with E-state index in [1.165, 1.54) is 35.7 Å². The summed E-state index contributed by atoms with van der Waals surface area (Å²) < 4.78 is 39.7. The van der Waals surface area contributed by atoms with Crippen LogP contribution in [-0.2, 0) is 14.8 Å². The molecule has 2 fully saturated rings.